The quantitative estimate of drug-likeness (QED) is 0.831. The molecule has 1 atom stereocenters. The first-order chi connectivity index (χ1) is 8.66. The molecule has 0 radical (unpaired) electrons. The van der Waals surface area contributed by atoms with E-state index in [1.54, 1.807) is 0 Å². The summed E-state index contributed by atoms with van der Waals surface area (Å²) >= 11 is 0. The molecule has 3 heteroatoms. The van der Waals surface area contributed by atoms with E-state index in [9.17, 15) is 4.79 Å². The fraction of sp³-hybridized carbons (Fsp3) is 0.400. The Morgan fingerprint density at radius 2 is 2.17 bits per heavy atom. The van der Waals surface area contributed by atoms with Gasteiger partial charge in [-0.1, -0.05) is 6.07 Å². The monoisotopic (exact) mass is 242 g/mol. The second-order valence-electron chi connectivity index (χ2n) is 5.14. The van der Waals surface area contributed by atoms with Crippen LogP contribution in [0.3, 0.4) is 0 Å². The largest absolute Gasteiger partial charge is 0.348 e. The van der Waals surface area contributed by atoms with Crippen LogP contribution in [0.2, 0.25) is 0 Å². The molecule has 0 saturated carbocycles. The third kappa shape index (κ3) is 1.75. The second kappa shape index (κ2) is 4.25. The number of carbonyl (C=O) groups excluding carboxylic acids is 1. The first-order valence-electron chi connectivity index (χ1n) is 6.46. The second-order valence-corrected chi connectivity index (χ2v) is 5.14. The number of ketones is 1. The lowest BCUT2D eigenvalue weighted by molar-refractivity contribution is -0.121. The molecule has 1 saturated heterocycles. The van der Waals surface area contributed by atoms with Crippen LogP contribution in [0.4, 0.5) is 0 Å². The van der Waals surface area contributed by atoms with Gasteiger partial charge in [0.05, 0.1) is 5.92 Å². The molecule has 3 rings (SSSR count). The summed E-state index contributed by atoms with van der Waals surface area (Å²) in [4.78, 5) is 12.0. The van der Waals surface area contributed by atoms with Crippen LogP contribution >= 0.6 is 0 Å². The maximum absolute atomic E-state index is 12.0. The molecule has 1 aliphatic heterocycles. The Morgan fingerprint density at radius 1 is 1.33 bits per heavy atom. The molecule has 2 aromatic rings. The molecule has 1 N–H and O–H groups in total. The van der Waals surface area contributed by atoms with E-state index in [1.165, 1.54) is 16.6 Å². The van der Waals surface area contributed by atoms with E-state index in [0.29, 0.717) is 12.2 Å². The standard InChI is InChI=1S/C15H18N2O/c1-10-7-12-8-11(3-4-14(12)17(10)2)13-9-16-6-5-15(13)18/h3-4,7-8,13,16H,5-6,9H2,1-2H3. The molecule has 1 aromatic heterocycles. The zero-order chi connectivity index (χ0) is 12.7. The van der Waals surface area contributed by atoms with Crippen LogP contribution in [0.5, 0.6) is 0 Å². The molecule has 1 unspecified atom stereocenters. The fourth-order valence-corrected chi connectivity index (χ4v) is 2.77. The Balaban J connectivity index is 2.05. The molecule has 2 heterocycles. The maximum atomic E-state index is 12.0. The van der Waals surface area contributed by atoms with Gasteiger partial charge in [-0.05, 0) is 30.7 Å². The van der Waals surface area contributed by atoms with E-state index in [0.717, 1.165) is 18.7 Å². The number of nitrogens with one attached hydrogen (secondary N) is 1. The minimum Gasteiger partial charge on any atom is -0.348 e. The number of fused-ring (bicyclic) bond motifs is 1. The van der Waals surface area contributed by atoms with Crippen LogP contribution in [0.25, 0.3) is 10.9 Å². The Kier molecular flexibility index (Phi) is 2.71. The highest BCUT2D eigenvalue weighted by Crippen LogP contribution is 2.26. The molecule has 3 nitrogen and oxygen atoms in total. The van der Waals surface area contributed by atoms with Gasteiger partial charge < -0.3 is 9.88 Å². The van der Waals surface area contributed by atoms with Gasteiger partial charge in [0.15, 0.2) is 0 Å². The van der Waals surface area contributed by atoms with E-state index >= 15 is 0 Å². The molecule has 1 aliphatic rings. The lowest BCUT2D eigenvalue weighted by Gasteiger charge is -2.22. The normalized spacial score (nSPS) is 20.6. The van der Waals surface area contributed by atoms with Crippen molar-refractivity contribution in [1.29, 1.82) is 0 Å². The Labute approximate surface area is 107 Å². The predicted molar refractivity (Wildman–Crippen MR) is 72.9 cm³/mol. The molecule has 0 amide bonds. The Morgan fingerprint density at radius 3 is 2.94 bits per heavy atom. The summed E-state index contributed by atoms with van der Waals surface area (Å²) in [7, 11) is 2.07. The van der Waals surface area contributed by atoms with Gasteiger partial charge in [-0.25, -0.2) is 0 Å². The van der Waals surface area contributed by atoms with E-state index in [-0.39, 0.29) is 5.92 Å². The Bertz CT molecular complexity index is 612. The molecule has 0 spiro atoms. The van der Waals surface area contributed by atoms with Crippen LogP contribution in [0.15, 0.2) is 24.3 Å². The Hall–Kier alpha value is -1.61. The molecular weight excluding hydrogens is 224 g/mol. The van der Waals surface area contributed by atoms with Crippen LogP contribution in [-0.4, -0.2) is 23.4 Å². The van der Waals surface area contributed by atoms with Crippen molar-refractivity contribution in [2.24, 2.45) is 7.05 Å². The lowest BCUT2D eigenvalue weighted by atomic mass is 9.90. The maximum Gasteiger partial charge on any atom is 0.142 e. The van der Waals surface area contributed by atoms with Gasteiger partial charge in [0, 0.05) is 43.2 Å². The van der Waals surface area contributed by atoms with E-state index in [4.69, 9.17) is 0 Å². The van der Waals surface area contributed by atoms with Gasteiger partial charge >= 0.3 is 0 Å². The van der Waals surface area contributed by atoms with Gasteiger partial charge in [0.2, 0.25) is 0 Å². The molecule has 0 aliphatic carbocycles. The number of hydrogen-bond donors (Lipinski definition) is 1. The number of hydrogen-bond acceptors (Lipinski definition) is 2. The van der Waals surface area contributed by atoms with Gasteiger partial charge in [0.1, 0.15) is 5.78 Å². The van der Waals surface area contributed by atoms with Crippen molar-refractivity contribution in [3.05, 3.63) is 35.5 Å². The first kappa shape index (κ1) is 11.5. The van der Waals surface area contributed by atoms with Crippen LogP contribution in [-0.2, 0) is 11.8 Å². The van der Waals surface area contributed by atoms with Crippen molar-refractivity contribution in [2.45, 2.75) is 19.3 Å². The third-order valence-electron chi connectivity index (χ3n) is 3.99. The van der Waals surface area contributed by atoms with Crippen molar-refractivity contribution in [1.82, 2.24) is 9.88 Å². The van der Waals surface area contributed by atoms with Gasteiger partial charge in [0.25, 0.3) is 0 Å². The number of benzene rings is 1. The van der Waals surface area contributed by atoms with E-state index in [1.807, 2.05) is 0 Å². The highest BCUT2D eigenvalue weighted by atomic mass is 16.1. The smallest absolute Gasteiger partial charge is 0.142 e. The number of nitrogens with zero attached hydrogens (tertiary/aromatic N) is 1. The highest BCUT2D eigenvalue weighted by molar-refractivity contribution is 5.89. The highest BCUT2D eigenvalue weighted by Gasteiger charge is 2.23. The average Bonchev–Trinajstić information content (AvgIpc) is 2.65. The number of carbonyl (C=O) groups is 1. The molecule has 94 valence electrons. The first-order valence-corrected chi connectivity index (χ1v) is 6.46. The minimum atomic E-state index is 0.0312. The fourth-order valence-electron chi connectivity index (χ4n) is 2.77. The topological polar surface area (TPSA) is 34.0 Å². The predicted octanol–water partition coefficient (Wildman–Crippen LogP) is 2.13. The van der Waals surface area contributed by atoms with E-state index in [2.05, 4.69) is 48.1 Å². The van der Waals surface area contributed by atoms with Crippen molar-refractivity contribution in [3.8, 4) is 0 Å². The van der Waals surface area contributed by atoms with E-state index < -0.39 is 0 Å². The summed E-state index contributed by atoms with van der Waals surface area (Å²) in [6.07, 6.45) is 0.649. The summed E-state index contributed by atoms with van der Waals surface area (Å²) in [6.45, 7) is 3.70. The number of aryl methyl sites for hydroxylation is 2. The molecular formula is C15H18N2O. The summed E-state index contributed by atoms with van der Waals surface area (Å²) in [5.74, 6) is 0.393. The van der Waals surface area contributed by atoms with Crippen molar-refractivity contribution in [3.63, 3.8) is 0 Å². The van der Waals surface area contributed by atoms with Crippen LogP contribution in [0, 0.1) is 6.92 Å². The summed E-state index contributed by atoms with van der Waals surface area (Å²) in [5.41, 5.74) is 3.62. The summed E-state index contributed by atoms with van der Waals surface area (Å²) in [6, 6.07) is 8.56. The van der Waals surface area contributed by atoms with Gasteiger partial charge in [-0.15, -0.1) is 0 Å². The van der Waals surface area contributed by atoms with Gasteiger partial charge in [-0.3, -0.25) is 4.79 Å². The molecule has 18 heavy (non-hydrogen) atoms. The summed E-state index contributed by atoms with van der Waals surface area (Å²) in [5, 5.41) is 4.53. The zero-order valence-electron chi connectivity index (χ0n) is 10.9. The average molecular weight is 242 g/mol. The summed E-state index contributed by atoms with van der Waals surface area (Å²) < 4.78 is 2.18. The number of piperidine rings is 1. The SMILES string of the molecule is Cc1cc2cc(C3CNCCC3=O)ccc2n1C. The van der Waals surface area contributed by atoms with Crippen molar-refractivity contribution in [2.75, 3.05) is 13.1 Å². The zero-order valence-corrected chi connectivity index (χ0v) is 10.9. The van der Waals surface area contributed by atoms with Crippen molar-refractivity contribution < 1.29 is 4.79 Å². The number of rotatable bonds is 1. The number of aromatic nitrogens is 1. The van der Waals surface area contributed by atoms with Crippen LogP contribution in [0.1, 0.15) is 23.6 Å². The lowest BCUT2D eigenvalue weighted by Crippen LogP contribution is -2.35. The van der Waals surface area contributed by atoms with Crippen molar-refractivity contribution >= 4 is 16.7 Å². The minimum absolute atomic E-state index is 0.0312. The van der Waals surface area contributed by atoms with Gasteiger partial charge in [-0.2, -0.15) is 0 Å². The van der Waals surface area contributed by atoms with Crippen LogP contribution < -0.4 is 5.32 Å². The molecule has 1 fully saturated rings. The molecule has 1 aromatic carbocycles. The third-order valence-corrected chi connectivity index (χ3v) is 3.99. The number of Topliss-reactive ketones (excluding diaryl/α,β-unsaturated/α-hetero) is 1. The molecule has 0 bridgehead atoms.